The molecule has 4 rings (SSSR count). The number of halogens is 1. The number of amides is 2. The number of benzene rings is 3. The Morgan fingerprint density at radius 1 is 0.786 bits per heavy atom. The lowest BCUT2D eigenvalue weighted by Gasteiger charge is -2.21. The number of hydrogen-bond donors (Lipinski definition) is 0. The maximum atomic E-state index is 12.8. The Kier molecular flexibility index (Phi) is 4.97. The van der Waals surface area contributed by atoms with E-state index in [-0.39, 0.29) is 17.9 Å². The SMILES string of the molecule is CC(C=C(c1ccccc1)c1ccc(Br)cc1)N1C(=O)c2ccccc2C1=O. The fraction of sp³-hybridized carbons (Fsp3) is 0.0833. The second-order valence-electron chi connectivity index (χ2n) is 6.72. The van der Waals surface area contributed by atoms with Crippen LogP contribution in [0.1, 0.15) is 38.8 Å². The molecule has 0 aliphatic carbocycles. The lowest BCUT2D eigenvalue weighted by molar-refractivity contribution is 0.0625. The van der Waals surface area contributed by atoms with Gasteiger partial charge in [-0.15, -0.1) is 0 Å². The highest BCUT2D eigenvalue weighted by molar-refractivity contribution is 9.10. The second kappa shape index (κ2) is 7.56. The van der Waals surface area contributed by atoms with E-state index in [1.807, 2.05) is 67.6 Å². The van der Waals surface area contributed by atoms with Crippen LogP contribution in [0.15, 0.2) is 89.4 Å². The van der Waals surface area contributed by atoms with E-state index in [0.717, 1.165) is 21.2 Å². The van der Waals surface area contributed by atoms with E-state index in [4.69, 9.17) is 0 Å². The summed E-state index contributed by atoms with van der Waals surface area (Å²) < 4.78 is 0.997. The lowest BCUT2D eigenvalue weighted by Crippen LogP contribution is -2.37. The van der Waals surface area contributed by atoms with Crippen molar-refractivity contribution in [2.45, 2.75) is 13.0 Å². The van der Waals surface area contributed by atoms with Gasteiger partial charge in [-0.1, -0.05) is 76.6 Å². The first-order chi connectivity index (χ1) is 13.6. The molecule has 3 nitrogen and oxygen atoms in total. The number of fused-ring (bicyclic) bond motifs is 1. The lowest BCUT2D eigenvalue weighted by atomic mass is 9.96. The molecule has 0 fully saturated rings. The number of nitrogens with zero attached hydrogens (tertiary/aromatic N) is 1. The molecular weight excluding hydrogens is 414 g/mol. The van der Waals surface area contributed by atoms with Crippen LogP contribution in [0.5, 0.6) is 0 Å². The zero-order valence-electron chi connectivity index (χ0n) is 15.3. The van der Waals surface area contributed by atoms with Crippen molar-refractivity contribution < 1.29 is 9.59 Å². The molecule has 2 amide bonds. The van der Waals surface area contributed by atoms with Crippen LogP contribution < -0.4 is 0 Å². The number of carbonyl (C=O) groups excluding carboxylic acids is 2. The van der Waals surface area contributed by atoms with E-state index in [1.54, 1.807) is 24.3 Å². The molecule has 0 spiro atoms. The van der Waals surface area contributed by atoms with Crippen molar-refractivity contribution in [3.05, 3.63) is 112 Å². The molecule has 0 N–H and O–H groups in total. The van der Waals surface area contributed by atoms with Gasteiger partial charge < -0.3 is 0 Å². The third-order valence-electron chi connectivity index (χ3n) is 4.88. The molecule has 0 bridgehead atoms. The standard InChI is InChI=1S/C24H18BrNO2/c1-16(26-23(27)20-9-5-6-10-21(20)24(26)28)15-22(17-7-3-2-4-8-17)18-11-13-19(25)14-12-18/h2-16H,1H3. The maximum Gasteiger partial charge on any atom is 0.262 e. The first-order valence-corrected chi connectivity index (χ1v) is 9.85. The van der Waals surface area contributed by atoms with Gasteiger partial charge in [-0.2, -0.15) is 0 Å². The van der Waals surface area contributed by atoms with E-state index < -0.39 is 0 Å². The minimum atomic E-state index is -0.383. The molecule has 4 heteroatoms. The van der Waals surface area contributed by atoms with Gasteiger partial charge in [0, 0.05) is 4.47 Å². The normalized spacial score (nSPS) is 14.9. The largest absolute Gasteiger partial charge is 0.269 e. The van der Waals surface area contributed by atoms with Crippen LogP contribution in [0.2, 0.25) is 0 Å². The van der Waals surface area contributed by atoms with Crippen molar-refractivity contribution >= 4 is 33.3 Å². The van der Waals surface area contributed by atoms with E-state index in [2.05, 4.69) is 15.9 Å². The summed E-state index contributed by atoms with van der Waals surface area (Å²) in [6, 6.07) is 24.6. The van der Waals surface area contributed by atoms with Gasteiger partial charge in [0.05, 0.1) is 17.2 Å². The van der Waals surface area contributed by atoms with Crippen molar-refractivity contribution in [3.63, 3.8) is 0 Å². The summed E-state index contributed by atoms with van der Waals surface area (Å²) in [7, 11) is 0. The van der Waals surface area contributed by atoms with E-state index in [0.29, 0.717) is 11.1 Å². The second-order valence-corrected chi connectivity index (χ2v) is 7.64. The van der Waals surface area contributed by atoms with E-state index >= 15 is 0 Å². The fourth-order valence-electron chi connectivity index (χ4n) is 3.50. The zero-order valence-corrected chi connectivity index (χ0v) is 16.9. The number of carbonyl (C=O) groups is 2. The Labute approximate surface area is 172 Å². The van der Waals surface area contributed by atoms with Gasteiger partial charge in [0.15, 0.2) is 0 Å². The van der Waals surface area contributed by atoms with E-state index in [9.17, 15) is 9.59 Å². The summed E-state index contributed by atoms with van der Waals surface area (Å²) in [5.74, 6) is -0.486. The molecule has 3 aromatic carbocycles. The van der Waals surface area contributed by atoms with Gasteiger partial charge >= 0.3 is 0 Å². The van der Waals surface area contributed by atoms with Gasteiger partial charge in [-0.25, -0.2) is 0 Å². The predicted octanol–water partition coefficient (Wildman–Crippen LogP) is 5.57. The third kappa shape index (κ3) is 3.32. The molecule has 1 atom stereocenters. The summed E-state index contributed by atoms with van der Waals surface area (Å²) in [6.07, 6.45) is 1.99. The van der Waals surface area contributed by atoms with Crippen LogP contribution in [-0.2, 0) is 0 Å². The molecule has 0 aromatic heterocycles. The first kappa shape index (κ1) is 18.4. The summed E-state index contributed by atoms with van der Waals surface area (Å²) in [5.41, 5.74) is 3.98. The molecule has 1 unspecified atom stereocenters. The highest BCUT2D eigenvalue weighted by atomic mass is 79.9. The molecule has 0 saturated heterocycles. The van der Waals surface area contributed by atoms with Gasteiger partial charge in [0.2, 0.25) is 0 Å². The maximum absolute atomic E-state index is 12.8. The van der Waals surface area contributed by atoms with Crippen LogP contribution in [0, 0.1) is 0 Å². The molecule has 3 aromatic rings. The summed E-state index contributed by atoms with van der Waals surface area (Å²) in [4.78, 5) is 27.0. The molecule has 1 aliphatic rings. The number of rotatable bonds is 4. The van der Waals surface area contributed by atoms with Crippen molar-refractivity contribution in [1.82, 2.24) is 4.90 Å². The highest BCUT2D eigenvalue weighted by Crippen LogP contribution is 2.29. The Morgan fingerprint density at radius 3 is 1.86 bits per heavy atom. The van der Waals surface area contributed by atoms with Crippen LogP contribution >= 0.6 is 15.9 Å². The third-order valence-corrected chi connectivity index (χ3v) is 5.41. The molecule has 138 valence electrons. The minimum Gasteiger partial charge on any atom is -0.269 e. The summed E-state index contributed by atoms with van der Waals surface area (Å²) in [5, 5.41) is 0. The zero-order chi connectivity index (χ0) is 19.7. The molecule has 1 heterocycles. The predicted molar refractivity (Wildman–Crippen MR) is 114 cm³/mol. The topological polar surface area (TPSA) is 37.4 Å². The first-order valence-electron chi connectivity index (χ1n) is 9.06. The van der Waals surface area contributed by atoms with Crippen LogP contribution in [0.4, 0.5) is 0 Å². The number of hydrogen-bond acceptors (Lipinski definition) is 2. The van der Waals surface area contributed by atoms with Gasteiger partial charge in [0.25, 0.3) is 11.8 Å². The molecule has 0 saturated carbocycles. The molecular formula is C24H18BrNO2. The Morgan fingerprint density at radius 2 is 1.29 bits per heavy atom. The van der Waals surface area contributed by atoms with Crippen molar-refractivity contribution in [3.8, 4) is 0 Å². The molecule has 0 radical (unpaired) electrons. The quantitative estimate of drug-likeness (QED) is 0.506. The minimum absolute atomic E-state index is 0.243. The average Bonchev–Trinajstić information content (AvgIpc) is 2.98. The highest BCUT2D eigenvalue weighted by Gasteiger charge is 2.37. The van der Waals surface area contributed by atoms with Crippen molar-refractivity contribution in [2.75, 3.05) is 0 Å². The smallest absolute Gasteiger partial charge is 0.262 e. The molecule has 28 heavy (non-hydrogen) atoms. The molecule has 1 aliphatic heterocycles. The van der Waals surface area contributed by atoms with Gasteiger partial charge in [0.1, 0.15) is 0 Å². The van der Waals surface area contributed by atoms with Crippen molar-refractivity contribution in [2.24, 2.45) is 0 Å². The number of imide groups is 1. The fourth-order valence-corrected chi connectivity index (χ4v) is 3.76. The monoisotopic (exact) mass is 431 g/mol. The van der Waals surface area contributed by atoms with Crippen LogP contribution in [-0.4, -0.2) is 22.8 Å². The summed E-state index contributed by atoms with van der Waals surface area (Å²) >= 11 is 3.47. The Hall–Kier alpha value is -2.98. The average molecular weight is 432 g/mol. The van der Waals surface area contributed by atoms with Gasteiger partial charge in [-0.05, 0) is 47.9 Å². The van der Waals surface area contributed by atoms with E-state index in [1.165, 1.54) is 4.90 Å². The van der Waals surface area contributed by atoms with Crippen molar-refractivity contribution in [1.29, 1.82) is 0 Å². The summed E-state index contributed by atoms with van der Waals surface area (Å²) in [6.45, 7) is 1.88. The van der Waals surface area contributed by atoms with Crippen LogP contribution in [0.25, 0.3) is 5.57 Å². The van der Waals surface area contributed by atoms with Gasteiger partial charge in [-0.3, -0.25) is 14.5 Å². The Bertz CT molecular complexity index is 1040. The van der Waals surface area contributed by atoms with Crippen LogP contribution in [0.3, 0.4) is 0 Å². The Balaban J connectivity index is 1.76.